The third kappa shape index (κ3) is 2.66. The Morgan fingerprint density at radius 1 is 0.567 bits per heavy atom. The highest BCUT2D eigenvalue weighted by Gasteiger charge is 2.19. The fourth-order valence-corrected chi connectivity index (χ4v) is 3.61. The average Bonchev–Trinajstić information content (AvgIpc) is 2.74. The quantitative estimate of drug-likeness (QED) is 0.420. The summed E-state index contributed by atoms with van der Waals surface area (Å²) >= 11 is 0. The molecule has 2 aromatic heterocycles. The Morgan fingerprint density at radius 2 is 1.00 bits per heavy atom. The molecular formula is C24H14O6. The molecule has 146 valence electrons. The largest absolute Gasteiger partial charge is 0.506 e. The molecule has 0 spiro atoms. The van der Waals surface area contributed by atoms with Gasteiger partial charge in [-0.05, 0) is 41.5 Å². The number of rotatable bonds is 2. The number of fused-ring (bicyclic) bond motifs is 2. The zero-order valence-corrected chi connectivity index (χ0v) is 15.5. The average molecular weight is 398 g/mol. The van der Waals surface area contributed by atoms with Gasteiger partial charge in [-0.3, -0.25) is 0 Å². The molecule has 30 heavy (non-hydrogen) atoms. The summed E-state index contributed by atoms with van der Waals surface area (Å²) in [6.07, 6.45) is 0. The summed E-state index contributed by atoms with van der Waals surface area (Å²) < 4.78 is 10.7. The summed E-state index contributed by atoms with van der Waals surface area (Å²) in [7, 11) is 0. The van der Waals surface area contributed by atoms with Gasteiger partial charge >= 0.3 is 11.3 Å². The van der Waals surface area contributed by atoms with Crippen LogP contribution in [0.5, 0.6) is 11.5 Å². The van der Waals surface area contributed by atoms with Crippen LogP contribution in [0.25, 0.3) is 44.2 Å². The van der Waals surface area contributed by atoms with E-state index in [9.17, 15) is 19.8 Å². The fraction of sp³-hybridized carbons (Fsp3) is 0. The molecular weight excluding hydrogens is 384 g/mol. The molecule has 5 aromatic rings. The van der Waals surface area contributed by atoms with Gasteiger partial charge in [0.1, 0.15) is 33.8 Å². The van der Waals surface area contributed by atoms with E-state index in [0.29, 0.717) is 21.9 Å². The second-order valence-corrected chi connectivity index (χ2v) is 6.80. The zero-order valence-electron chi connectivity index (χ0n) is 15.5. The van der Waals surface area contributed by atoms with E-state index in [0.717, 1.165) is 0 Å². The Balaban J connectivity index is 1.76. The minimum absolute atomic E-state index is 0.0276. The minimum atomic E-state index is -0.710. The first-order valence-electron chi connectivity index (χ1n) is 9.15. The number of benzene rings is 3. The van der Waals surface area contributed by atoms with Crippen LogP contribution >= 0.6 is 0 Å². The van der Waals surface area contributed by atoms with E-state index in [-0.39, 0.29) is 33.8 Å². The van der Waals surface area contributed by atoms with E-state index in [1.54, 1.807) is 66.7 Å². The minimum Gasteiger partial charge on any atom is -0.506 e. The Bertz CT molecular complexity index is 1440. The van der Waals surface area contributed by atoms with Crippen molar-refractivity contribution in [2.75, 3.05) is 0 Å². The standard InChI is InChI=1S/C24H14O6/c25-21-15-8-1-3-10-17(15)29-23(27)19(21)13-6-5-7-14(12-13)20-22(26)16-9-2-4-11-18(16)30-24(20)28/h1-12,25-26H. The summed E-state index contributed by atoms with van der Waals surface area (Å²) in [5.41, 5.74) is -0.245. The van der Waals surface area contributed by atoms with E-state index < -0.39 is 11.3 Å². The summed E-state index contributed by atoms with van der Waals surface area (Å²) in [5, 5.41) is 22.2. The smallest absolute Gasteiger partial charge is 0.347 e. The molecule has 0 fully saturated rings. The first-order chi connectivity index (χ1) is 14.5. The lowest BCUT2D eigenvalue weighted by molar-refractivity contribution is 0.471. The normalized spacial score (nSPS) is 11.2. The van der Waals surface area contributed by atoms with Gasteiger partial charge in [-0.15, -0.1) is 0 Å². The van der Waals surface area contributed by atoms with Gasteiger partial charge in [-0.25, -0.2) is 9.59 Å². The molecule has 0 unspecified atom stereocenters. The molecule has 0 aliphatic carbocycles. The van der Waals surface area contributed by atoms with E-state index >= 15 is 0 Å². The molecule has 2 heterocycles. The second kappa shape index (κ2) is 6.63. The van der Waals surface area contributed by atoms with Gasteiger partial charge in [0, 0.05) is 0 Å². The van der Waals surface area contributed by atoms with Crippen molar-refractivity contribution in [3.05, 3.63) is 93.6 Å². The van der Waals surface area contributed by atoms with Gasteiger partial charge in [0.25, 0.3) is 0 Å². The SMILES string of the molecule is O=c1oc2ccccc2c(O)c1-c1cccc(-c2c(O)c3ccccc3oc2=O)c1. The highest BCUT2D eigenvalue weighted by atomic mass is 16.4. The molecule has 0 aliphatic rings. The highest BCUT2D eigenvalue weighted by molar-refractivity contribution is 5.93. The third-order valence-electron chi connectivity index (χ3n) is 5.01. The molecule has 3 aromatic carbocycles. The van der Waals surface area contributed by atoms with Crippen molar-refractivity contribution >= 4 is 21.9 Å². The van der Waals surface area contributed by atoms with E-state index in [4.69, 9.17) is 8.83 Å². The predicted molar refractivity (Wildman–Crippen MR) is 113 cm³/mol. The fourth-order valence-electron chi connectivity index (χ4n) is 3.61. The molecule has 6 heteroatoms. The maximum atomic E-state index is 12.6. The molecule has 0 radical (unpaired) electrons. The lowest BCUT2D eigenvalue weighted by atomic mass is 9.98. The predicted octanol–water partition coefficient (Wildman–Crippen LogP) is 4.64. The highest BCUT2D eigenvalue weighted by Crippen LogP contribution is 2.37. The molecule has 0 saturated carbocycles. The number of aromatic hydroxyl groups is 2. The summed E-state index contributed by atoms with van der Waals surface area (Å²) in [6.45, 7) is 0. The first kappa shape index (κ1) is 17.8. The van der Waals surface area contributed by atoms with E-state index in [2.05, 4.69) is 0 Å². The molecule has 0 aliphatic heterocycles. The molecule has 0 amide bonds. The van der Waals surface area contributed by atoms with Crippen molar-refractivity contribution in [3.8, 4) is 33.8 Å². The summed E-state index contributed by atoms with van der Waals surface area (Å²) in [6, 6.07) is 19.7. The van der Waals surface area contributed by atoms with Gasteiger partial charge < -0.3 is 19.0 Å². The third-order valence-corrected chi connectivity index (χ3v) is 5.01. The van der Waals surface area contributed by atoms with E-state index in [1.165, 1.54) is 6.07 Å². The maximum absolute atomic E-state index is 12.6. The van der Waals surface area contributed by atoms with Crippen LogP contribution in [0.15, 0.2) is 91.2 Å². The van der Waals surface area contributed by atoms with Crippen LogP contribution in [-0.2, 0) is 0 Å². The number of hydrogen-bond donors (Lipinski definition) is 2. The van der Waals surface area contributed by atoms with Crippen molar-refractivity contribution in [3.63, 3.8) is 0 Å². The van der Waals surface area contributed by atoms with Crippen LogP contribution in [0, 0.1) is 0 Å². The van der Waals surface area contributed by atoms with Crippen molar-refractivity contribution < 1.29 is 19.0 Å². The summed E-state index contributed by atoms with van der Waals surface area (Å²) in [4.78, 5) is 25.1. The molecule has 5 rings (SSSR count). The second-order valence-electron chi connectivity index (χ2n) is 6.80. The molecule has 6 nitrogen and oxygen atoms in total. The van der Waals surface area contributed by atoms with Crippen LogP contribution in [0.2, 0.25) is 0 Å². The van der Waals surface area contributed by atoms with Gasteiger partial charge in [0.05, 0.1) is 10.8 Å². The van der Waals surface area contributed by atoms with Crippen LogP contribution < -0.4 is 11.3 Å². The van der Waals surface area contributed by atoms with Crippen molar-refractivity contribution in [1.29, 1.82) is 0 Å². The van der Waals surface area contributed by atoms with Crippen molar-refractivity contribution in [1.82, 2.24) is 0 Å². The van der Waals surface area contributed by atoms with Gasteiger partial charge in [-0.2, -0.15) is 0 Å². The lowest BCUT2D eigenvalue weighted by Crippen LogP contribution is -2.05. The number of para-hydroxylation sites is 2. The van der Waals surface area contributed by atoms with Crippen LogP contribution in [0.1, 0.15) is 0 Å². The van der Waals surface area contributed by atoms with Gasteiger partial charge in [-0.1, -0.05) is 42.5 Å². The lowest BCUT2D eigenvalue weighted by Gasteiger charge is -2.10. The maximum Gasteiger partial charge on any atom is 0.347 e. The first-order valence-corrected chi connectivity index (χ1v) is 9.15. The van der Waals surface area contributed by atoms with E-state index in [1.807, 2.05) is 0 Å². The van der Waals surface area contributed by atoms with Crippen LogP contribution in [-0.4, -0.2) is 10.2 Å². The topological polar surface area (TPSA) is 101 Å². The van der Waals surface area contributed by atoms with Gasteiger partial charge in [0.15, 0.2) is 0 Å². The Hall–Kier alpha value is -4.32. The molecule has 0 atom stereocenters. The number of hydrogen-bond acceptors (Lipinski definition) is 6. The van der Waals surface area contributed by atoms with Crippen LogP contribution in [0.4, 0.5) is 0 Å². The van der Waals surface area contributed by atoms with Crippen molar-refractivity contribution in [2.24, 2.45) is 0 Å². The van der Waals surface area contributed by atoms with Crippen molar-refractivity contribution in [2.45, 2.75) is 0 Å². The monoisotopic (exact) mass is 398 g/mol. The van der Waals surface area contributed by atoms with Crippen LogP contribution in [0.3, 0.4) is 0 Å². The molecule has 0 saturated heterocycles. The zero-order chi connectivity index (χ0) is 20.8. The van der Waals surface area contributed by atoms with Gasteiger partial charge in [0.2, 0.25) is 0 Å². The Kier molecular flexibility index (Phi) is 3.93. The molecule has 2 N–H and O–H groups in total. The molecule has 0 bridgehead atoms. The Labute approximate surface area is 168 Å². The summed E-state index contributed by atoms with van der Waals surface area (Å²) in [5.74, 6) is -0.428. The Morgan fingerprint density at radius 3 is 1.47 bits per heavy atom.